The van der Waals surface area contributed by atoms with Gasteiger partial charge in [0.25, 0.3) is 11.1 Å². The molecule has 0 saturated carbocycles. The van der Waals surface area contributed by atoms with Crippen LogP contribution in [0.2, 0.25) is 0 Å². The van der Waals surface area contributed by atoms with E-state index in [0.29, 0.717) is 0 Å². The standard InChI is InChI=1S/2C13H17N3O/c2*1-10-12(14(2)3)13(17)16(15(10)4)11-8-6-5-7-9-11/h2*5-9H,1-4H3. The topological polar surface area (TPSA) is 60.3 Å². The molecule has 34 heavy (non-hydrogen) atoms. The number of rotatable bonds is 4. The molecule has 0 N–H and O–H groups in total. The summed E-state index contributed by atoms with van der Waals surface area (Å²) in [6.45, 7) is 3.91. The molecule has 2 aromatic heterocycles. The summed E-state index contributed by atoms with van der Waals surface area (Å²) in [6.07, 6.45) is 0. The minimum Gasteiger partial charge on any atom is -0.372 e. The van der Waals surface area contributed by atoms with E-state index < -0.39 is 0 Å². The van der Waals surface area contributed by atoms with Gasteiger partial charge in [0.15, 0.2) is 0 Å². The van der Waals surface area contributed by atoms with E-state index in [2.05, 4.69) is 0 Å². The fourth-order valence-electron chi connectivity index (χ4n) is 4.14. The summed E-state index contributed by atoms with van der Waals surface area (Å²) >= 11 is 0. The Morgan fingerprint density at radius 1 is 0.559 bits per heavy atom. The third-order valence-corrected chi connectivity index (χ3v) is 5.94. The van der Waals surface area contributed by atoms with E-state index in [1.54, 1.807) is 9.36 Å². The van der Waals surface area contributed by atoms with Gasteiger partial charge in [-0.15, -0.1) is 0 Å². The van der Waals surface area contributed by atoms with E-state index in [1.165, 1.54) is 0 Å². The van der Waals surface area contributed by atoms with Crippen LogP contribution in [0.3, 0.4) is 0 Å². The lowest BCUT2D eigenvalue weighted by Gasteiger charge is -2.09. The van der Waals surface area contributed by atoms with Gasteiger partial charge in [-0.05, 0) is 38.1 Å². The first kappa shape index (κ1) is 24.7. The maximum Gasteiger partial charge on any atom is 0.295 e. The summed E-state index contributed by atoms with van der Waals surface area (Å²) in [5.74, 6) is 0. The molecular formula is C26H34N6O2. The van der Waals surface area contributed by atoms with E-state index in [0.717, 1.165) is 34.1 Å². The van der Waals surface area contributed by atoms with Gasteiger partial charge in [-0.1, -0.05) is 36.4 Å². The molecule has 0 aliphatic heterocycles. The first-order valence-electron chi connectivity index (χ1n) is 11.1. The Balaban J connectivity index is 0.000000191. The van der Waals surface area contributed by atoms with Gasteiger partial charge >= 0.3 is 0 Å². The number of nitrogens with zero attached hydrogens (tertiary/aromatic N) is 6. The van der Waals surface area contributed by atoms with Crippen molar-refractivity contribution in [1.29, 1.82) is 0 Å². The van der Waals surface area contributed by atoms with E-state index in [-0.39, 0.29) is 11.1 Å². The average molecular weight is 463 g/mol. The summed E-state index contributed by atoms with van der Waals surface area (Å²) in [5.41, 5.74) is 5.19. The third kappa shape index (κ3) is 4.44. The summed E-state index contributed by atoms with van der Waals surface area (Å²) in [7, 11) is 11.4. The quantitative estimate of drug-likeness (QED) is 0.468. The molecule has 2 aromatic carbocycles. The van der Waals surface area contributed by atoms with Gasteiger partial charge in [0, 0.05) is 42.3 Å². The Morgan fingerprint density at radius 3 is 1.09 bits per heavy atom. The van der Waals surface area contributed by atoms with Crippen molar-refractivity contribution >= 4 is 11.4 Å². The largest absolute Gasteiger partial charge is 0.372 e. The number of hydrogen-bond donors (Lipinski definition) is 0. The van der Waals surface area contributed by atoms with Crippen LogP contribution in [0.25, 0.3) is 11.4 Å². The van der Waals surface area contributed by atoms with Gasteiger partial charge in [-0.25, -0.2) is 9.36 Å². The molecule has 0 fully saturated rings. The van der Waals surface area contributed by atoms with Crippen LogP contribution in [0, 0.1) is 13.8 Å². The van der Waals surface area contributed by atoms with Crippen molar-refractivity contribution in [1.82, 2.24) is 18.7 Å². The normalized spacial score (nSPS) is 10.6. The Kier molecular flexibility index (Phi) is 7.20. The molecule has 8 heteroatoms. The SMILES string of the molecule is Cc1c(N(C)C)c(=O)n(-c2ccccc2)n1C.Cc1c(N(C)C)c(=O)n(-c2ccccc2)n1C. The van der Waals surface area contributed by atoms with Crippen molar-refractivity contribution in [3.05, 3.63) is 92.8 Å². The summed E-state index contributed by atoms with van der Waals surface area (Å²) < 4.78 is 7.13. The van der Waals surface area contributed by atoms with Gasteiger partial charge in [-0.3, -0.25) is 19.0 Å². The van der Waals surface area contributed by atoms with Crippen LogP contribution < -0.4 is 20.9 Å². The molecule has 0 radical (unpaired) electrons. The van der Waals surface area contributed by atoms with Crippen LogP contribution in [0.4, 0.5) is 11.4 Å². The summed E-state index contributed by atoms with van der Waals surface area (Å²) in [5, 5.41) is 0. The zero-order chi connectivity index (χ0) is 25.2. The molecule has 180 valence electrons. The van der Waals surface area contributed by atoms with Gasteiger partial charge in [-0.2, -0.15) is 0 Å². The minimum absolute atomic E-state index is 0.0150. The van der Waals surface area contributed by atoms with Crippen LogP contribution in [0.15, 0.2) is 70.3 Å². The number of aromatic nitrogens is 4. The third-order valence-electron chi connectivity index (χ3n) is 5.94. The molecule has 0 aliphatic carbocycles. The lowest BCUT2D eigenvalue weighted by atomic mass is 10.3. The van der Waals surface area contributed by atoms with Crippen LogP contribution >= 0.6 is 0 Å². The van der Waals surface area contributed by atoms with Crippen LogP contribution in [-0.4, -0.2) is 46.9 Å². The van der Waals surface area contributed by atoms with E-state index >= 15 is 0 Å². The predicted octanol–water partition coefficient (Wildman–Crippen LogP) is 3.10. The minimum atomic E-state index is 0.0150. The van der Waals surface area contributed by atoms with Crippen molar-refractivity contribution in [3.8, 4) is 11.4 Å². The molecular weight excluding hydrogens is 428 g/mol. The van der Waals surface area contributed by atoms with Crippen LogP contribution in [-0.2, 0) is 14.1 Å². The molecule has 0 bridgehead atoms. The zero-order valence-electron chi connectivity index (χ0n) is 21.3. The fourth-order valence-corrected chi connectivity index (χ4v) is 4.14. The monoisotopic (exact) mass is 462 g/mol. The average Bonchev–Trinajstić information content (AvgIpc) is 3.17. The molecule has 4 aromatic rings. The Hall–Kier alpha value is -3.94. The highest BCUT2D eigenvalue weighted by atomic mass is 16.1. The van der Waals surface area contributed by atoms with Gasteiger partial charge in [0.2, 0.25) is 0 Å². The van der Waals surface area contributed by atoms with E-state index in [4.69, 9.17) is 0 Å². The van der Waals surface area contributed by atoms with Crippen LogP contribution in [0.5, 0.6) is 0 Å². The molecule has 2 heterocycles. The molecule has 0 spiro atoms. The first-order valence-corrected chi connectivity index (χ1v) is 11.1. The number of para-hydroxylation sites is 2. The van der Waals surface area contributed by atoms with Crippen LogP contribution in [0.1, 0.15) is 11.4 Å². The lowest BCUT2D eigenvalue weighted by molar-refractivity contribution is 0.630. The lowest BCUT2D eigenvalue weighted by Crippen LogP contribution is -2.23. The van der Waals surface area contributed by atoms with Crippen molar-refractivity contribution in [2.24, 2.45) is 14.1 Å². The number of benzene rings is 2. The molecule has 4 rings (SSSR count). The van der Waals surface area contributed by atoms with Gasteiger partial charge < -0.3 is 9.80 Å². The number of hydrogen-bond acceptors (Lipinski definition) is 4. The second-order valence-corrected chi connectivity index (χ2v) is 8.61. The summed E-state index contributed by atoms with van der Waals surface area (Å²) in [4.78, 5) is 28.4. The second-order valence-electron chi connectivity index (χ2n) is 8.61. The molecule has 0 saturated heterocycles. The molecule has 0 unspecified atom stereocenters. The highest BCUT2D eigenvalue weighted by molar-refractivity contribution is 5.51. The molecule has 8 nitrogen and oxygen atoms in total. The van der Waals surface area contributed by atoms with Gasteiger partial charge in [0.1, 0.15) is 11.4 Å². The van der Waals surface area contributed by atoms with Crippen molar-refractivity contribution in [3.63, 3.8) is 0 Å². The molecule has 0 amide bonds. The zero-order valence-corrected chi connectivity index (χ0v) is 21.3. The maximum absolute atomic E-state index is 12.4. The second kappa shape index (κ2) is 9.91. The highest BCUT2D eigenvalue weighted by Gasteiger charge is 2.18. The molecule has 0 atom stereocenters. The smallest absolute Gasteiger partial charge is 0.295 e. The van der Waals surface area contributed by atoms with Crippen molar-refractivity contribution in [2.45, 2.75) is 13.8 Å². The summed E-state index contributed by atoms with van der Waals surface area (Å²) in [6, 6.07) is 19.3. The van der Waals surface area contributed by atoms with E-state index in [1.807, 2.05) is 136 Å². The molecule has 0 aliphatic rings. The Labute approximate surface area is 200 Å². The number of anilines is 2. The van der Waals surface area contributed by atoms with E-state index in [9.17, 15) is 9.59 Å². The predicted molar refractivity (Wildman–Crippen MR) is 140 cm³/mol. The maximum atomic E-state index is 12.4. The van der Waals surface area contributed by atoms with Gasteiger partial charge in [0.05, 0.1) is 22.8 Å². The fraction of sp³-hybridized carbons (Fsp3) is 0.308. The first-order chi connectivity index (χ1) is 16.1. The highest BCUT2D eigenvalue weighted by Crippen LogP contribution is 2.16. The van der Waals surface area contributed by atoms with Crippen molar-refractivity contribution < 1.29 is 0 Å². The van der Waals surface area contributed by atoms with Crippen molar-refractivity contribution in [2.75, 3.05) is 38.0 Å². The Morgan fingerprint density at radius 2 is 0.853 bits per heavy atom. The Bertz CT molecular complexity index is 1270.